The minimum Gasteiger partial charge on any atom is -0.389 e. The Balaban J connectivity index is 1.32. The van der Waals surface area contributed by atoms with Crippen LogP contribution in [-0.2, 0) is 4.74 Å². The van der Waals surface area contributed by atoms with Gasteiger partial charge in [0.25, 0.3) is 0 Å². The molecular formula is C29H34FN3O4. The zero-order valence-corrected chi connectivity index (χ0v) is 21.4. The van der Waals surface area contributed by atoms with Gasteiger partial charge in [0, 0.05) is 29.0 Å². The summed E-state index contributed by atoms with van der Waals surface area (Å²) >= 11 is 0. The number of benzene rings is 1. The normalized spacial score (nSPS) is 46.3. The fourth-order valence-corrected chi connectivity index (χ4v) is 8.68. The van der Waals surface area contributed by atoms with E-state index in [9.17, 15) is 15.3 Å². The van der Waals surface area contributed by atoms with Gasteiger partial charge in [-0.15, -0.1) is 0 Å². The molecule has 196 valence electrons. The number of rotatable bonds is 2. The smallest absolute Gasteiger partial charge is 0.197 e. The largest absolute Gasteiger partial charge is 0.389 e. The number of hydrogen-bond donors (Lipinski definition) is 3. The molecule has 2 spiro atoms. The third-order valence-electron chi connectivity index (χ3n) is 10.6. The standard InChI is InChI=1S/C29H34FN3O4/c1-26-9-8-19-24(35)29(30)25(36)23(34)21(33(2)3)13-27(29)10-11-28(19,37-27)22(26)7-5-18(26)16-4-6-20-17(12-16)14-31-15-32-20/h4-6,8,12,14-15,21-25,34-36H,7,9-11,13H2,1-3H3/t21-,22?,23+,24?,25-,26+,27+,28+,29?/m0/s1. The number of halogens is 1. The number of alkyl halides is 1. The molecule has 2 aromatic rings. The number of ether oxygens (including phenoxy) is 1. The summed E-state index contributed by atoms with van der Waals surface area (Å²) in [6.45, 7) is 2.25. The van der Waals surface area contributed by atoms with E-state index in [2.05, 4.69) is 35.1 Å². The summed E-state index contributed by atoms with van der Waals surface area (Å²) in [5.41, 5.74) is -1.11. The van der Waals surface area contributed by atoms with Crippen molar-refractivity contribution < 1.29 is 24.4 Å². The summed E-state index contributed by atoms with van der Waals surface area (Å²) < 4.78 is 23.9. The molecule has 0 radical (unpaired) electrons. The number of nitrogens with zero attached hydrogens (tertiary/aromatic N) is 3. The second-order valence-corrected chi connectivity index (χ2v) is 12.3. The highest BCUT2D eigenvalue weighted by Crippen LogP contribution is 2.70. The molecule has 1 aromatic carbocycles. The van der Waals surface area contributed by atoms with Gasteiger partial charge >= 0.3 is 0 Å². The first-order valence-corrected chi connectivity index (χ1v) is 13.3. The van der Waals surface area contributed by atoms with Gasteiger partial charge in [0.2, 0.25) is 0 Å². The molecule has 0 amide bonds. The van der Waals surface area contributed by atoms with Gasteiger partial charge in [-0.1, -0.05) is 25.1 Å². The van der Waals surface area contributed by atoms with Crippen molar-refractivity contribution in [3.63, 3.8) is 0 Å². The molecule has 3 N–H and O–H groups in total. The fraction of sp³-hybridized carbons (Fsp3) is 0.586. The number of aromatic nitrogens is 2. The predicted octanol–water partition coefficient (Wildman–Crippen LogP) is 2.80. The molecule has 1 saturated carbocycles. The van der Waals surface area contributed by atoms with Crippen LogP contribution in [0, 0.1) is 11.3 Å². The number of aliphatic hydroxyl groups excluding tert-OH is 3. The van der Waals surface area contributed by atoms with Crippen LogP contribution >= 0.6 is 0 Å². The van der Waals surface area contributed by atoms with Crippen LogP contribution in [0.1, 0.15) is 44.6 Å². The lowest BCUT2D eigenvalue weighted by molar-refractivity contribution is -0.308. The maximum absolute atomic E-state index is 17.0. The third-order valence-corrected chi connectivity index (χ3v) is 10.6. The average molecular weight is 508 g/mol. The van der Waals surface area contributed by atoms with Crippen molar-refractivity contribution in [1.82, 2.24) is 14.9 Å². The second kappa shape index (κ2) is 7.45. The van der Waals surface area contributed by atoms with Gasteiger partial charge in [-0.2, -0.15) is 0 Å². The van der Waals surface area contributed by atoms with Gasteiger partial charge in [-0.25, -0.2) is 14.4 Å². The van der Waals surface area contributed by atoms with E-state index < -0.39 is 41.2 Å². The average Bonchev–Trinajstić information content (AvgIpc) is 3.42. The Bertz CT molecular complexity index is 1360. The maximum Gasteiger partial charge on any atom is 0.197 e. The zero-order valence-electron chi connectivity index (χ0n) is 21.4. The van der Waals surface area contributed by atoms with Crippen molar-refractivity contribution >= 4 is 16.5 Å². The topological polar surface area (TPSA) is 98.9 Å². The van der Waals surface area contributed by atoms with Crippen molar-refractivity contribution in [3.8, 4) is 0 Å². The second-order valence-electron chi connectivity index (χ2n) is 12.3. The van der Waals surface area contributed by atoms with Crippen molar-refractivity contribution in [2.75, 3.05) is 14.1 Å². The molecule has 8 heteroatoms. The first-order valence-electron chi connectivity index (χ1n) is 13.3. The van der Waals surface area contributed by atoms with E-state index in [0.29, 0.717) is 24.8 Å². The van der Waals surface area contributed by atoms with Crippen molar-refractivity contribution in [1.29, 1.82) is 0 Å². The number of allylic oxidation sites excluding steroid dienone is 3. The van der Waals surface area contributed by atoms with Crippen molar-refractivity contribution in [3.05, 3.63) is 54.0 Å². The summed E-state index contributed by atoms with van der Waals surface area (Å²) in [6, 6.07) is 5.78. The maximum atomic E-state index is 17.0. The van der Waals surface area contributed by atoms with Gasteiger partial charge in [0.15, 0.2) is 5.67 Å². The van der Waals surface area contributed by atoms with Gasteiger partial charge in [-0.05, 0) is 75.0 Å². The third kappa shape index (κ3) is 2.73. The molecule has 3 aliphatic carbocycles. The highest BCUT2D eigenvalue weighted by Gasteiger charge is 2.79. The minimum absolute atomic E-state index is 0.0260. The van der Waals surface area contributed by atoms with Crippen LogP contribution in [0.3, 0.4) is 0 Å². The molecular weight excluding hydrogens is 473 g/mol. The lowest BCUT2D eigenvalue weighted by atomic mass is 9.55. The Hall–Kier alpha value is -2.23. The van der Waals surface area contributed by atoms with Gasteiger partial charge < -0.3 is 25.0 Å². The highest BCUT2D eigenvalue weighted by molar-refractivity contribution is 5.84. The van der Waals surface area contributed by atoms with E-state index >= 15 is 4.39 Å². The molecule has 9 atom stereocenters. The fourth-order valence-electron chi connectivity index (χ4n) is 8.68. The van der Waals surface area contributed by atoms with Crippen LogP contribution in [0.2, 0.25) is 0 Å². The molecule has 3 fully saturated rings. The molecule has 37 heavy (non-hydrogen) atoms. The molecule has 2 aliphatic heterocycles. The molecule has 7 rings (SSSR count). The SMILES string of the molecule is CN(C)[C@H]1C[C@@]23CC[C@@]4(O2)C(=CC[C@]2(C)C(c5ccc6ncncc6c5)=CCC24)C(O)C3(F)[C@@H](O)[C@@H]1O. The monoisotopic (exact) mass is 507 g/mol. The highest BCUT2D eigenvalue weighted by atomic mass is 19.1. The molecule has 1 aromatic heterocycles. The molecule has 2 bridgehead atoms. The Morgan fingerprint density at radius 2 is 1.95 bits per heavy atom. The van der Waals surface area contributed by atoms with Gasteiger partial charge in [-0.3, -0.25) is 0 Å². The summed E-state index contributed by atoms with van der Waals surface area (Å²) in [7, 11) is 3.63. The molecule has 5 aliphatic rings. The van der Waals surface area contributed by atoms with E-state index in [1.54, 1.807) is 6.33 Å². The van der Waals surface area contributed by atoms with Crippen LogP contribution in [-0.4, -0.2) is 85.5 Å². The van der Waals surface area contributed by atoms with Gasteiger partial charge in [0.05, 0.1) is 17.2 Å². The first-order chi connectivity index (χ1) is 17.6. The van der Waals surface area contributed by atoms with Crippen molar-refractivity contribution in [2.24, 2.45) is 11.3 Å². The van der Waals surface area contributed by atoms with E-state index in [4.69, 9.17) is 4.74 Å². The van der Waals surface area contributed by atoms with Crippen LogP contribution in [0.5, 0.6) is 0 Å². The molecule has 7 nitrogen and oxygen atoms in total. The van der Waals surface area contributed by atoms with E-state index in [1.165, 1.54) is 5.57 Å². The Morgan fingerprint density at radius 1 is 1.14 bits per heavy atom. The van der Waals surface area contributed by atoms with Crippen LogP contribution < -0.4 is 0 Å². The number of fused-ring (bicyclic) bond motifs is 2. The molecule has 3 heterocycles. The number of aliphatic hydroxyl groups is 3. The summed E-state index contributed by atoms with van der Waals surface area (Å²) in [5.74, 6) is 0.0260. The molecule has 2 saturated heterocycles. The molecule has 3 unspecified atom stereocenters. The van der Waals surface area contributed by atoms with E-state index in [-0.39, 0.29) is 17.8 Å². The summed E-state index contributed by atoms with van der Waals surface area (Å²) in [6.07, 6.45) is 5.61. The van der Waals surface area contributed by atoms with Crippen LogP contribution in [0.4, 0.5) is 4.39 Å². The van der Waals surface area contributed by atoms with Crippen LogP contribution in [0.15, 0.2) is 48.4 Å². The van der Waals surface area contributed by atoms with E-state index in [1.807, 2.05) is 37.3 Å². The number of hydrogen-bond acceptors (Lipinski definition) is 7. The summed E-state index contributed by atoms with van der Waals surface area (Å²) in [4.78, 5) is 10.3. The zero-order chi connectivity index (χ0) is 26.0. The van der Waals surface area contributed by atoms with E-state index in [0.717, 1.165) is 22.9 Å². The Labute approximate surface area is 215 Å². The predicted molar refractivity (Wildman–Crippen MR) is 136 cm³/mol. The van der Waals surface area contributed by atoms with Gasteiger partial charge in [0.1, 0.15) is 24.1 Å². The van der Waals surface area contributed by atoms with Crippen LogP contribution in [0.25, 0.3) is 16.5 Å². The number of likely N-dealkylation sites (N-methyl/N-ethyl adjacent to an activating group) is 1. The minimum atomic E-state index is -2.47. The lowest BCUT2D eigenvalue weighted by Crippen LogP contribution is -2.78. The quantitative estimate of drug-likeness (QED) is 0.538. The first kappa shape index (κ1) is 23.9. The lowest BCUT2D eigenvalue weighted by Gasteiger charge is -2.62. The summed E-state index contributed by atoms with van der Waals surface area (Å²) in [5, 5.41) is 34.5. The Kier molecular flexibility index (Phi) is 4.80. The Morgan fingerprint density at radius 3 is 2.73 bits per heavy atom. The van der Waals surface area contributed by atoms with Crippen molar-refractivity contribution in [2.45, 2.75) is 80.3 Å².